The zero-order valence-corrected chi connectivity index (χ0v) is 13.1. The summed E-state index contributed by atoms with van der Waals surface area (Å²) in [4.78, 5) is 2.20. The van der Waals surface area contributed by atoms with Gasteiger partial charge < -0.3 is 10.5 Å². The molecule has 0 aromatic heterocycles. The third-order valence-electron chi connectivity index (χ3n) is 3.11. The van der Waals surface area contributed by atoms with E-state index in [1.54, 1.807) is 12.1 Å². The van der Waals surface area contributed by atoms with Crippen molar-refractivity contribution in [1.82, 2.24) is 4.90 Å². The highest BCUT2D eigenvalue weighted by Crippen LogP contribution is 2.28. The van der Waals surface area contributed by atoms with Gasteiger partial charge in [-0.05, 0) is 37.2 Å². The zero-order valence-electron chi connectivity index (χ0n) is 11.5. The summed E-state index contributed by atoms with van der Waals surface area (Å²) in [6.07, 6.45) is 0. The molecule has 0 saturated heterocycles. The van der Waals surface area contributed by atoms with E-state index in [1.165, 1.54) is 6.07 Å². The fourth-order valence-electron chi connectivity index (χ4n) is 2.10. The van der Waals surface area contributed by atoms with Crippen molar-refractivity contribution in [3.05, 3.63) is 34.1 Å². The number of likely N-dealkylation sites (N-methyl/N-ethyl adjacent to an activating group) is 1. The zero-order chi connectivity index (χ0) is 14.3. The van der Waals surface area contributed by atoms with Crippen molar-refractivity contribution in [2.24, 2.45) is 5.73 Å². The summed E-state index contributed by atoms with van der Waals surface area (Å²) in [6.45, 7) is 7.49. The monoisotopic (exact) mass is 332 g/mol. The van der Waals surface area contributed by atoms with Gasteiger partial charge in [-0.1, -0.05) is 22.9 Å². The molecule has 19 heavy (non-hydrogen) atoms. The molecule has 0 heterocycles. The quantitative estimate of drug-likeness (QED) is 0.744. The number of rotatable bonds is 8. The van der Waals surface area contributed by atoms with Crippen molar-refractivity contribution in [2.45, 2.75) is 19.9 Å². The van der Waals surface area contributed by atoms with E-state index in [9.17, 15) is 4.39 Å². The first-order valence-corrected chi connectivity index (χ1v) is 7.40. The number of nitrogens with two attached hydrogens (primary N) is 1. The molecule has 0 aliphatic carbocycles. The van der Waals surface area contributed by atoms with Crippen LogP contribution >= 0.6 is 15.9 Å². The first-order valence-electron chi connectivity index (χ1n) is 6.60. The van der Waals surface area contributed by atoms with Crippen LogP contribution in [0.25, 0.3) is 0 Å². The lowest BCUT2D eigenvalue weighted by Gasteiger charge is -2.30. The SMILES string of the molecule is CCOCCN(CC)C(CN)c1cc(F)ccc1Br. The Labute approximate surface area is 123 Å². The minimum absolute atomic E-state index is 0.00414. The highest BCUT2D eigenvalue weighted by molar-refractivity contribution is 9.10. The van der Waals surface area contributed by atoms with Gasteiger partial charge in [-0.2, -0.15) is 0 Å². The summed E-state index contributed by atoms with van der Waals surface area (Å²) >= 11 is 3.47. The lowest BCUT2D eigenvalue weighted by Crippen LogP contribution is -2.36. The topological polar surface area (TPSA) is 38.5 Å². The highest BCUT2D eigenvalue weighted by atomic mass is 79.9. The molecule has 0 saturated carbocycles. The summed E-state index contributed by atoms with van der Waals surface area (Å²) in [7, 11) is 0. The molecule has 0 radical (unpaired) electrons. The molecule has 108 valence electrons. The Morgan fingerprint density at radius 3 is 2.74 bits per heavy atom. The number of hydrogen-bond acceptors (Lipinski definition) is 3. The van der Waals surface area contributed by atoms with Gasteiger partial charge >= 0.3 is 0 Å². The largest absolute Gasteiger partial charge is 0.380 e. The van der Waals surface area contributed by atoms with E-state index in [4.69, 9.17) is 10.5 Å². The Balaban J connectivity index is 2.86. The van der Waals surface area contributed by atoms with E-state index >= 15 is 0 Å². The van der Waals surface area contributed by atoms with Crippen molar-refractivity contribution in [3.63, 3.8) is 0 Å². The van der Waals surface area contributed by atoms with E-state index in [2.05, 4.69) is 27.8 Å². The van der Waals surface area contributed by atoms with Gasteiger partial charge in [0.25, 0.3) is 0 Å². The Bertz CT molecular complexity index is 390. The normalized spacial score (nSPS) is 12.9. The Morgan fingerprint density at radius 2 is 2.16 bits per heavy atom. The third kappa shape index (κ3) is 4.84. The fraction of sp³-hybridized carbons (Fsp3) is 0.571. The third-order valence-corrected chi connectivity index (χ3v) is 3.84. The first-order chi connectivity index (χ1) is 9.13. The van der Waals surface area contributed by atoms with Crippen molar-refractivity contribution in [3.8, 4) is 0 Å². The molecule has 0 bridgehead atoms. The lowest BCUT2D eigenvalue weighted by atomic mass is 10.1. The Morgan fingerprint density at radius 1 is 1.42 bits per heavy atom. The standard InChI is InChI=1S/C14H22BrFN2O/c1-3-18(7-8-19-4-2)14(10-17)12-9-11(16)5-6-13(12)15/h5-6,9,14H,3-4,7-8,10,17H2,1-2H3. The molecule has 0 aliphatic rings. The van der Waals surface area contributed by atoms with Gasteiger partial charge in [-0.15, -0.1) is 0 Å². The number of ether oxygens (including phenoxy) is 1. The molecule has 1 aromatic carbocycles. The number of nitrogens with zero attached hydrogens (tertiary/aromatic N) is 1. The van der Waals surface area contributed by atoms with Gasteiger partial charge in [0.1, 0.15) is 5.82 Å². The van der Waals surface area contributed by atoms with Crippen molar-refractivity contribution < 1.29 is 9.13 Å². The summed E-state index contributed by atoms with van der Waals surface area (Å²) in [5.74, 6) is -0.238. The molecule has 2 N–H and O–H groups in total. The smallest absolute Gasteiger partial charge is 0.123 e. The summed E-state index contributed by atoms with van der Waals surface area (Å²) < 4.78 is 19.7. The van der Waals surface area contributed by atoms with Gasteiger partial charge in [0.15, 0.2) is 0 Å². The van der Waals surface area contributed by atoms with E-state index in [0.29, 0.717) is 19.8 Å². The average Bonchev–Trinajstić information content (AvgIpc) is 2.41. The van der Waals surface area contributed by atoms with Crippen LogP contribution in [0.2, 0.25) is 0 Å². The van der Waals surface area contributed by atoms with E-state index in [0.717, 1.165) is 23.1 Å². The molecule has 0 spiro atoms. The molecule has 1 rings (SSSR count). The maximum atomic E-state index is 13.4. The number of hydrogen-bond donors (Lipinski definition) is 1. The van der Waals surface area contributed by atoms with Gasteiger partial charge in [-0.25, -0.2) is 4.39 Å². The minimum Gasteiger partial charge on any atom is -0.380 e. The number of halogens is 2. The van der Waals surface area contributed by atoms with Crippen LogP contribution < -0.4 is 5.73 Å². The lowest BCUT2D eigenvalue weighted by molar-refractivity contribution is 0.0978. The maximum Gasteiger partial charge on any atom is 0.123 e. The second-order valence-electron chi connectivity index (χ2n) is 4.24. The van der Waals surface area contributed by atoms with Crippen LogP contribution in [-0.4, -0.2) is 37.7 Å². The summed E-state index contributed by atoms with van der Waals surface area (Å²) in [6, 6.07) is 4.71. The molecular weight excluding hydrogens is 311 g/mol. The maximum absolute atomic E-state index is 13.4. The molecule has 0 aliphatic heterocycles. The van der Waals surface area contributed by atoms with Crippen LogP contribution in [0, 0.1) is 5.82 Å². The van der Waals surface area contributed by atoms with Crippen molar-refractivity contribution in [1.29, 1.82) is 0 Å². The van der Waals surface area contributed by atoms with E-state index in [-0.39, 0.29) is 11.9 Å². The fourth-order valence-corrected chi connectivity index (χ4v) is 2.61. The summed E-state index contributed by atoms with van der Waals surface area (Å²) in [5, 5.41) is 0. The number of benzene rings is 1. The van der Waals surface area contributed by atoms with Crippen LogP contribution in [0.3, 0.4) is 0 Å². The molecule has 3 nitrogen and oxygen atoms in total. The summed E-state index contributed by atoms with van der Waals surface area (Å²) in [5.41, 5.74) is 6.77. The van der Waals surface area contributed by atoms with Gasteiger partial charge in [0.05, 0.1) is 6.61 Å². The Hall–Kier alpha value is -0.490. The van der Waals surface area contributed by atoms with E-state index < -0.39 is 0 Å². The predicted octanol–water partition coefficient (Wildman–Crippen LogP) is 2.95. The Kier molecular flexibility index (Phi) is 7.53. The second-order valence-corrected chi connectivity index (χ2v) is 5.10. The van der Waals surface area contributed by atoms with Gasteiger partial charge in [0, 0.05) is 30.2 Å². The molecule has 0 fully saturated rings. The average molecular weight is 333 g/mol. The predicted molar refractivity (Wildman–Crippen MR) is 79.6 cm³/mol. The molecule has 1 aromatic rings. The van der Waals surface area contributed by atoms with E-state index in [1.807, 2.05) is 6.92 Å². The van der Waals surface area contributed by atoms with Gasteiger partial charge in [-0.3, -0.25) is 4.90 Å². The minimum atomic E-state index is -0.238. The van der Waals surface area contributed by atoms with Crippen LogP contribution in [0.15, 0.2) is 22.7 Å². The first kappa shape index (κ1) is 16.6. The van der Waals surface area contributed by atoms with Crippen LogP contribution in [0.1, 0.15) is 25.5 Å². The van der Waals surface area contributed by atoms with Crippen LogP contribution in [0.5, 0.6) is 0 Å². The molecule has 5 heteroatoms. The second kappa shape index (κ2) is 8.64. The van der Waals surface area contributed by atoms with Crippen LogP contribution in [0.4, 0.5) is 4.39 Å². The van der Waals surface area contributed by atoms with Crippen molar-refractivity contribution in [2.75, 3.05) is 32.8 Å². The van der Waals surface area contributed by atoms with Gasteiger partial charge in [0.2, 0.25) is 0 Å². The van der Waals surface area contributed by atoms with Crippen LogP contribution in [-0.2, 0) is 4.74 Å². The molecule has 1 atom stereocenters. The molecule has 1 unspecified atom stereocenters. The highest BCUT2D eigenvalue weighted by Gasteiger charge is 2.20. The molecular formula is C14H22BrFN2O. The van der Waals surface area contributed by atoms with Crippen molar-refractivity contribution >= 4 is 15.9 Å². The molecule has 0 amide bonds.